The summed E-state index contributed by atoms with van der Waals surface area (Å²) >= 11 is 0. The first-order valence-corrected chi connectivity index (χ1v) is 11.8. The molecule has 5 rings (SSSR count). The van der Waals surface area contributed by atoms with E-state index in [1.165, 1.54) is 17.2 Å². The van der Waals surface area contributed by atoms with Crippen molar-refractivity contribution in [2.24, 2.45) is 17.8 Å². The van der Waals surface area contributed by atoms with E-state index in [0.717, 1.165) is 17.5 Å². The molecule has 176 valence electrons. The molecule has 7 heteroatoms. The van der Waals surface area contributed by atoms with Gasteiger partial charge in [0.1, 0.15) is 6.61 Å². The first-order chi connectivity index (χ1) is 16.5. The highest BCUT2D eigenvalue weighted by Gasteiger charge is 2.49. The number of amides is 2. The Morgan fingerprint density at radius 1 is 0.971 bits per heavy atom. The average Bonchev–Trinajstić information content (AvgIpc) is 3.34. The number of benzene rings is 2. The summed E-state index contributed by atoms with van der Waals surface area (Å²) in [7, 11) is 0. The van der Waals surface area contributed by atoms with Gasteiger partial charge in [-0.1, -0.05) is 54.6 Å². The lowest BCUT2D eigenvalue weighted by Crippen LogP contribution is -2.49. The third-order valence-corrected chi connectivity index (χ3v) is 7.48. The fraction of sp³-hybridized carbons (Fsp3) is 0.370. The molecule has 0 aliphatic heterocycles. The normalized spacial score (nSPS) is 24.6. The van der Waals surface area contributed by atoms with E-state index < -0.39 is 12.1 Å². The number of carboxylic acids is 1. The molecule has 0 heterocycles. The largest absolute Gasteiger partial charge is 0.481 e. The maximum absolute atomic E-state index is 12.2. The van der Waals surface area contributed by atoms with Crippen molar-refractivity contribution in [1.82, 2.24) is 10.6 Å². The Kier molecular flexibility index (Phi) is 6.09. The maximum Gasteiger partial charge on any atom is 0.407 e. The molecule has 0 bridgehead atoms. The average molecular weight is 461 g/mol. The molecular formula is C27H28N2O5. The molecule has 0 saturated heterocycles. The number of nitrogens with one attached hydrogen (secondary N) is 2. The van der Waals surface area contributed by atoms with E-state index in [4.69, 9.17) is 4.74 Å². The predicted octanol–water partition coefficient (Wildman–Crippen LogP) is 3.70. The van der Waals surface area contributed by atoms with E-state index in [9.17, 15) is 19.5 Å². The summed E-state index contributed by atoms with van der Waals surface area (Å²) in [6.45, 7) is 0.424. The molecule has 3 aliphatic rings. The van der Waals surface area contributed by atoms with Crippen molar-refractivity contribution in [1.29, 1.82) is 0 Å². The molecule has 2 saturated carbocycles. The van der Waals surface area contributed by atoms with Gasteiger partial charge in [0.2, 0.25) is 5.91 Å². The van der Waals surface area contributed by atoms with E-state index in [1.807, 2.05) is 24.3 Å². The van der Waals surface area contributed by atoms with Crippen LogP contribution in [0.5, 0.6) is 0 Å². The highest BCUT2D eigenvalue weighted by molar-refractivity contribution is 5.88. The van der Waals surface area contributed by atoms with Crippen LogP contribution in [0.4, 0.5) is 4.79 Å². The Morgan fingerprint density at radius 3 is 2.32 bits per heavy atom. The Hall–Kier alpha value is -3.61. The first-order valence-electron chi connectivity index (χ1n) is 11.8. The second kappa shape index (κ2) is 9.33. The zero-order chi connectivity index (χ0) is 23.7. The molecule has 2 fully saturated rings. The fourth-order valence-corrected chi connectivity index (χ4v) is 5.78. The molecule has 3 N–H and O–H groups in total. The van der Waals surface area contributed by atoms with Crippen molar-refractivity contribution in [2.45, 2.75) is 31.2 Å². The van der Waals surface area contributed by atoms with Crippen LogP contribution in [0.15, 0.2) is 60.7 Å². The lowest BCUT2D eigenvalue weighted by atomic mass is 9.71. The zero-order valence-corrected chi connectivity index (χ0v) is 18.8. The Balaban J connectivity index is 1.05. The van der Waals surface area contributed by atoms with Crippen LogP contribution in [-0.2, 0) is 14.3 Å². The second-order valence-electron chi connectivity index (χ2n) is 9.39. The third kappa shape index (κ3) is 4.30. The Bertz CT molecular complexity index is 1100. The van der Waals surface area contributed by atoms with Gasteiger partial charge in [-0.25, -0.2) is 4.79 Å². The predicted molar refractivity (Wildman–Crippen MR) is 126 cm³/mol. The summed E-state index contributed by atoms with van der Waals surface area (Å²) in [5.74, 6) is -0.575. The second-order valence-corrected chi connectivity index (χ2v) is 9.39. The van der Waals surface area contributed by atoms with Crippen molar-refractivity contribution in [3.05, 3.63) is 71.8 Å². The standard InChI is InChI=1S/C27H28N2O5/c30-25(29-24-14-16-12-17(26(31)32)13-22(16)24)10-5-11-28-27(33)34-15-23-20-8-3-1-6-18(20)19-7-2-4-9-21(19)23/h1-10,16-17,22-24H,11-15H2,(H,28,33)(H,29,30)(H,31,32)/b10-5+/t16-,17?,22-,24+/m1/s1. The zero-order valence-electron chi connectivity index (χ0n) is 18.8. The number of aliphatic carboxylic acids is 1. The number of carboxylic acid groups (broad SMARTS) is 1. The number of fused-ring (bicyclic) bond motifs is 4. The lowest BCUT2D eigenvalue weighted by Gasteiger charge is -2.40. The van der Waals surface area contributed by atoms with Gasteiger partial charge in [0, 0.05) is 24.6 Å². The molecular weight excluding hydrogens is 432 g/mol. The molecule has 2 aromatic rings. The van der Waals surface area contributed by atoms with Gasteiger partial charge in [-0.15, -0.1) is 0 Å². The molecule has 0 spiro atoms. The van der Waals surface area contributed by atoms with Gasteiger partial charge in [-0.2, -0.15) is 0 Å². The van der Waals surface area contributed by atoms with Crippen molar-refractivity contribution >= 4 is 18.0 Å². The fourth-order valence-electron chi connectivity index (χ4n) is 5.78. The van der Waals surface area contributed by atoms with Crippen molar-refractivity contribution in [3.63, 3.8) is 0 Å². The summed E-state index contributed by atoms with van der Waals surface area (Å²) in [4.78, 5) is 35.5. The van der Waals surface area contributed by atoms with Gasteiger partial charge in [-0.3, -0.25) is 9.59 Å². The minimum Gasteiger partial charge on any atom is -0.481 e. The summed E-state index contributed by atoms with van der Waals surface area (Å²) in [5, 5.41) is 14.8. The van der Waals surface area contributed by atoms with E-state index in [2.05, 4.69) is 34.9 Å². The highest BCUT2D eigenvalue weighted by atomic mass is 16.5. The quantitative estimate of drug-likeness (QED) is 0.547. The molecule has 1 unspecified atom stereocenters. The van der Waals surface area contributed by atoms with E-state index in [1.54, 1.807) is 6.08 Å². The van der Waals surface area contributed by atoms with E-state index in [-0.39, 0.29) is 42.9 Å². The summed E-state index contributed by atoms with van der Waals surface area (Å²) in [6, 6.07) is 16.4. The maximum atomic E-state index is 12.2. The van der Waals surface area contributed by atoms with Gasteiger partial charge in [-0.05, 0) is 53.4 Å². The molecule has 0 aromatic heterocycles. The Morgan fingerprint density at radius 2 is 1.65 bits per heavy atom. The van der Waals surface area contributed by atoms with Crippen LogP contribution in [0.1, 0.15) is 36.3 Å². The van der Waals surface area contributed by atoms with Crippen LogP contribution in [-0.4, -0.2) is 42.3 Å². The van der Waals surface area contributed by atoms with Crippen molar-refractivity contribution in [2.75, 3.05) is 13.2 Å². The minimum atomic E-state index is -0.737. The first kappa shape index (κ1) is 22.2. The SMILES string of the molecule is O=C(/C=C/CNC(=O)OCC1c2ccccc2-c2ccccc21)N[C@H]1C[C@H]2CC(C(=O)O)C[C@H]21. The van der Waals surface area contributed by atoms with Crippen LogP contribution in [0.25, 0.3) is 11.1 Å². The summed E-state index contributed by atoms with van der Waals surface area (Å²) < 4.78 is 5.48. The lowest BCUT2D eigenvalue weighted by molar-refractivity contribution is -0.141. The van der Waals surface area contributed by atoms with Gasteiger partial charge in [0.05, 0.1) is 5.92 Å². The molecule has 3 aliphatic carbocycles. The van der Waals surface area contributed by atoms with Gasteiger partial charge in [0.15, 0.2) is 0 Å². The molecule has 0 radical (unpaired) electrons. The highest BCUT2D eigenvalue weighted by Crippen LogP contribution is 2.49. The van der Waals surface area contributed by atoms with Crippen molar-refractivity contribution in [3.8, 4) is 11.1 Å². The summed E-state index contributed by atoms with van der Waals surface area (Å²) in [6.07, 6.45) is 4.65. The molecule has 7 nitrogen and oxygen atoms in total. The monoisotopic (exact) mass is 460 g/mol. The van der Waals surface area contributed by atoms with Gasteiger partial charge in [0.25, 0.3) is 0 Å². The number of alkyl carbamates (subject to hydrolysis) is 1. The van der Waals surface area contributed by atoms with Crippen LogP contribution < -0.4 is 10.6 Å². The summed E-state index contributed by atoms with van der Waals surface area (Å²) in [5.41, 5.74) is 4.66. The minimum absolute atomic E-state index is 0.00193. The smallest absolute Gasteiger partial charge is 0.407 e. The Labute approximate surface area is 198 Å². The van der Waals surface area contributed by atoms with Gasteiger partial charge >= 0.3 is 12.1 Å². The van der Waals surface area contributed by atoms with Crippen LogP contribution in [0, 0.1) is 17.8 Å². The molecule has 4 atom stereocenters. The number of hydrogen-bond donors (Lipinski definition) is 3. The van der Waals surface area contributed by atoms with Crippen LogP contribution >= 0.6 is 0 Å². The molecule has 34 heavy (non-hydrogen) atoms. The number of carbonyl (C=O) groups excluding carboxylic acids is 2. The topological polar surface area (TPSA) is 105 Å². The number of hydrogen-bond acceptors (Lipinski definition) is 4. The number of ether oxygens (including phenoxy) is 1. The number of rotatable bonds is 7. The molecule has 2 amide bonds. The van der Waals surface area contributed by atoms with Crippen LogP contribution in [0.2, 0.25) is 0 Å². The third-order valence-electron chi connectivity index (χ3n) is 7.48. The van der Waals surface area contributed by atoms with Gasteiger partial charge < -0.3 is 20.5 Å². The van der Waals surface area contributed by atoms with Crippen molar-refractivity contribution < 1.29 is 24.2 Å². The molecule has 2 aromatic carbocycles. The number of carbonyl (C=O) groups is 3. The van der Waals surface area contributed by atoms with E-state index >= 15 is 0 Å². The van der Waals surface area contributed by atoms with Crippen LogP contribution in [0.3, 0.4) is 0 Å². The van der Waals surface area contributed by atoms with E-state index in [0.29, 0.717) is 18.8 Å².